The molecule has 8 heteroatoms. The average Bonchev–Trinajstić information content (AvgIpc) is 3.14. The molecule has 7 nitrogen and oxygen atoms in total. The van der Waals surface area contributed by atoms with Crippen molar-refractivity contribution in [2.45, 2.75) is 19.9 Å². The van der Waals surface area contributed by atoms with Gasteiger partial charge >= 0.3 is 6.03 Å². The van der Waals surface area contributed by atoms with E-state index >= 15 is 0 Å². The molecule has 140 valence electrons. The number of H-pyrrole nitrogens is 1. The predicted octanol–water partition coefficient (Wildman–Crippen LogP) is 4.41. The van der Waals surface area contributed by atoms with Crippen molar-refractivity contribution in [1.29, 1.82) is 0 Å². The van der Waals surface area contributed by atoms with Gasteiger partial charge in [-0.15, -0.1) is 0 Å². The van der Waals surface area contributed by atoms with Crippen molar-refractivity contribution in [2.24, 2.45) is 0 Å². The fraction of sp³-hybridized carbons (Fsp3) is 0.211. The minimum absolute atomic E-state index is 0.337. The smallest absolute Gasteiger partial charge is 0.319 e. The van der Waals surface area contributed by atoms with Gasteiger partial charge in [-0.05, 0) is 62.4 Å². The lowest BCUT2D eigenvalue weighted by Gasteiger charge is -2.12. The van der Waals surface area contributed by atoms with Crippen LogP contribution >= 0.6 is 11.6 Å². The molecule has 0 saturated carbocycles. The van der Waals surface area contributed by atoms with Crippen molar-refractivity contribution in [3.8, 4) is 17.1 Å². The highest BCUT2D eigenvalue weighted by Crippen LogP contribution is 2.20. The van der Waals surface area contributed by atoms with Crippen LogP contribution in [0.3, 0.4) is 0 Å². The molecule has 0 aliphatic carbocycles. The Morgan fingerprint density at radius 1 is 1.19 bits per heavy atom. The normalized spacial score (nSPS) is 11.7. The van der Waals surface area contributed by atoms with Crippen LogP contribution in [-0.2, 0) is 0 Å². The van der Waals surface area contributed by atoms with Gasteiger partial charge in [0, 0.05) is 16.3 Å². The molecule has 1 aromatic heterocycles. The highest BCUT2D eigenvalue weighted by atomic mass is 35.5. The fourth-order valence-electron chi connectivity index (χ4n) is 2.43. The van der Waals surface area contributed by atoms with Crippen molar-refractivity contribution in [1.82, 2.24) is 20.5 Å². The molecule has 0 fully saturated rings. The standard InChI is InChI=1S/C19H20ClN5O2/c1-3-27-16-10-8-15(9-11-16)22-19(26)21-12(2)17-23-18(25-24-17)13-4-6-14(20)7-5-13/h4-12H,3H2,1-2H3,(H2,21,22,26)(H,23,24,25)/t12-/m1/s1. The molecule has 0 bridgehead atoms. The summed E-state index contributed by atoms with van der Waals surface area (Å²) >= 11 is 5.89. The van der Waals surface area contributed by atoms with E-state index in [-0.39, 0.29) is 12.1 Å². The molecule has 0 saturated heterocycles. The van der Waals surface area contributed by atoms with Gasteiger partial charge in [0.15, 0.2) is 5.82 Å². The molecular weight excluding hydrogens is 366 g/mol. The monoisotopic (exact) mass is 385 g/mol. The van der Waals surface area contributed by atoms with E-state index < -0.39 is 0 Å². The molecular formula is C19H20ClN5O2. The van der Waals surface area contributed by atoms with Gasteiger partial charge in [-0.1, -0.05) is 11.6 Å². The number of hydrogen-bond acceptors (Lipinski definition) is 4. The number of carbonyl (C=O) groups is 1. The Morgan fingerprint density at radius 3 is 2.56 bits per heavy atom. The van der Waals surface area contributed by atoms with E-state index in [2.05, 4.69) is 25.8 Å². The molecule has 27 heavy (non-hydrogen) atoms. The third-order valence-electron chi connectivity index (χ3n) is 3.79. The number of benzene rings is 2. The minimum Gasteiger partial charge on any atom is -0.494 e. The molecule has 3 N–H and O–H groups in total. The van der Waals surface area contributed by atoms with Crippen molar-refractivity contribution in [3.05, 3.63) is 59.4 Å². The highest BCUT2D eigenvalue weighted by molar-refractivity contribution is 6.30. The quantitative estimate of drug-likeness (QED) is 0.586. The second-order valence-electron chi connectivity index (χ2n) is 5.83. The molecule has 0 unspecified atom stereocenters. The number of hydrogen-bond donors (Lipinski definition) is 3. The van der Waals surface area contributed by atoms with Crippen LogP contribution in [0.5, 0.6) is 5.75 Å². The van der Waals surface area contributed by atoms with Crippen LogP contribution in [0, 0.1) is 0 Å². The Kier molecular flexibility index (Phi) is 5.93. The van der Waals surface area contributed by atoms with Crippen molar-refractivity contribution in [2.75, 3.05) is 11.9 Å². The summed E-state index contributed by atoms with van der Waals surface area (Å²) in [4.78, 5) is 16.6. The van der Waals surface area contributed by atoms with E-state index in [4.69, 9.17) is 16.3 Å². The number of rotatable bonds is 6. The Labute approximate surface area is 162 Å². The van der Waals surface area contributed by atoms with Crippen LogP contribution < -0.4 is 15.4 Å². The van der Waals surface area contributed by atoms with E-state index in [1.807, 2.05) is 26.0 Å². The first-order valence-electron chi connectivity index (χ1n) is 8.53. The lowest BCUT2D eigenvalue weighted by molar-refractivity contribution is 0.249. The average molecular weight is 386 g/mol. The summed E-state index contributed by atoms with van der Waals surface area (Å²) in [5.41, 5.74) is 1.51. The van der Waals surface area contributed by atoms with Gasteiger partial charge in [-0.3, -0.25) is 5.10 Å². The number of urea groups is 1. The van der Waals surface area contributed by atoms with Crippen molar-refractivity contribution >= 4 is 23.3 Å². The number of carbonyl (C=O) groups excluding carboxylic acids is 1. The summed E-state index contributed by atoms with van der Waals surface area (Å²) < 4.78 is 5.38. The van der Waals surface area contributed by atoms with Crippen LogP contribution in [0.2, 0.25) is 5.02 Å². The second-order valence-corrected chi connectivity index (χ2v) is 6.27. The van der Waals surface area contributed by atoms with Gasteiger partial charge in [0.2, 0.25) is 0 Å². The summed E-state index contributed by atoms with van der Waals surface area (Å²) in [6.07, 6.45) is 0. The van der Waals surface area contributed by atoms with Crippen molar-refractivity contribution in [3.63, 3.8) is 0 Å². The molecule has 0 aliphatic rings. The summed E-state index contributed by atoms with van der Waals surface area (Å²) in [6, 6.07) is 13.7. The first kappa shape index (κ1) is 18.7. The van der Waals surface area contributed by atoms with Gasteiger partial charge < -0.3 is 15.4 Å². The molecule has 1 heterocycles. The van der Waals surface area contributed by atoms with E-state index in [0.29, 0.717) is 29.0 Å². The Hall–Kier alpha value is -3.06. The topological polar surface area (TPSA) is 91.9 Å². The van der Waals surface area contributed by atoms with E-state index in [1.54, 1.807) is 36.4 Å². The molecule has 0 radical (unpaired) electrons. The van der Waals surface area contributed by atoms with Crippen LogP contribution in [0.4, 0.5) is 10.5 Å². The molecule has 0 spiro atoms. The first-order valence-corrected chi connectivity index (χ1v) is 8.91. The zero-order valence-corrected chi connectivity index (χ0v) is 15.7. The molecule has 2 amide bonds. The number of nitrogens with zero attached hydrogens (tertiary/aromatic N) is 2. The predicted molar refractivity (Wildman–Crippen MR) is 105 cm³/mol. The summed E-state index contributed by atoms with van der Waals surface area (Å²) in [5, 5.41) is 13.3. The Bertz CT molecular complexity index is 893. The number of halogens is 1. The summed E-state index contributed by atoms with van der Waals surface area (Å²) in [5.74, 6) is 1.86. The zero-order chi connectivity index (χ0) is 19.2. The van der Waals surface area contributed by atoms with Crippen LogP contribution in [0.15, 0.2) is 48.5 Å². The highest BCUT2D eigenvalue weighted by Gasteiger charge is 2.15. The molecule has 3 rings (SSSR count). The molecule has 2 aromatic carbocycles. The zero-order valence-electron chi connectivity index (χ0n) is 15.0. The maximum absolute atomic E-state index is 12.2. The maximum atomic E-state index is 12.2. The van der Waals surface area contributed by atoms with Gasteiger partial charge in [0.05, 0.1) is 12.6 Å². The maximum Gasteiger partial charge on any atom is 0.319 e. The van der Waals surface area contributed by atoms with Gasteiger partial charge in [0.25, 0.3) is 0 Å². The van der Waals surface area contributed by atoms with E-state index in [1.165, 1.54) is 0 Å². The summed E-state index contributed by atoms with van der Waals surface area (Å²) in [6.45, 7) is 4.34. The number of anilines is 1. The van der Waals surface area contributed by atoms with E-state index in [0.717, 1.165) is 11.3 Å². The number of amides is 2. The number of aromatic amines is 1. The van der Waals surface area contributed by atoms with Gasteiger partial charge in [0.1, 0.15) is 11.6 Å². The number of ether oxygens (including phenoxy) is 1. The number of aromatic nitrogens is 3. The molecule has 3 aromatic rings. The van der Waals surface area contributed by atoms with E-state index in [9.17, 15) is 4.79 Å². The Balaban J connectivity index is 1.59. The SMILES string of the molecule is CCOc1ccc(NC(=O)N[C@H](C)c2nc(-c3ccc(Cl)cc3)n[nH]2)cc1. The van der Waals surface area contributed by atoms with Gasteiger partial charge in [-0.2, -0.15) is 5.10 Å². The minimum atomic E-state index is -0.346. The van der Waals surface area contributed by atoms with Crippen molar-refractivity contribution < 1.29 is 9.53 Å². The summed E-state index contributed by atoms with van der Waals surface area (Å²) in [7, 11) is 0. The largest absolute Gasteiger partial charge is 0.494 e. The second kappa shape index (κ2) is 8.55. The fourth-order valence-corrected chi connectivity index (χ4v) is 2.56. The number of nitrogens with one attached hydrogen (secondary N) is 3. The Morgan fingerprint density at radius 2 is 1.89 bits per heavy atom. The third kappa shape index (κ3) is 4.98. The first-order chi connectivity index (χ1) is 13.0. The van der Waals surface area contributed by atoms with Crippen LogP contribution in [0.1, 0.15) is 25.7 Å². The lowest BCUT2D eigenvalue weighted by Crippen LogP contribution is -2.31. The van der Waals surface area contributed by atoms with Crippen LogP contribution in [-0.4, -0.2) is 27.8 Å². The lowest BCUT2D eigenvalue weighted by atomic mass is 10.2. The van der Waals surface area contributed by atoms with Gasteiger partial charge in [-0.25, -0.2) is 9.78 Å². The molecule has 0 aliphatic heterocycles. The van der Waals surface area contributed by atoms with Crippen LogP contribution in [0.25, 0.3) is 11.4 Å². The third-order valence-corrected chi connectivity index (χ3v) is 4.04. The molecule has 1 atom stereocenters.